The first kappa shape index (κ1) is 29.9. The highest BCUT2D eigenvalue weighted by molar-refractivity contribution is 5.94. The van der Waals surface area contributed by atoms with Gasteiger partial charge in [0.2, 0.25) is 0 Å². The first-order chi connectivity index (χ1) is 17.6. The lowest BCUT2D eigenvalue weighted by atomic mass is 10.1. The lowest BCUT2D eigenvalue weighted by Crippen LogP contribution is -2.27. The van der Waals surface area contributed by atoms with Crippen molar-refractivity contribution >= 4 is 5.91 Å². The molecule has 1 aromatic carbocycles. The minimum absolute atomic E-state index is 0.107. The molecule has 1 atom stereocenters. The SMILES string of the molecule is CNCCOCCOCCOCCOCCOCCNC(=O)c1ccc(C(C)n2cc(C)cn2)cc1. The summed E-state index contributed by atoms with van der Waals surface area (Å²) in [5.74, 6) is -0.119. The summed E-state index contributed by atoms with van der Waals surface area (Å²) >= 11 is 0. The second kappa shape index (κ2) is 18.9. The number of benzene rings is 1. The highest BCUT2D eigenvalue weighted by Gasteiger charge is 2.10. The largest absolute Gasteiger partial charge is 0.378 e. The van der Waals surface area contributed by atoms with E-state index in [2.05, 4.69) is 22.7 Å². The van der Waals surface area contributed by atoms with E-state index >= 15 is 0 Å². The summed E-state index contributed by atoms with van der Waals surface area (Å²) in [6.45, 7) is 10.7. The van der Waals surface area contributed by atoms with Crippen molar-refractivity contribution in [3.05, 3.63) is 53.3 Å². The number of nitrogens with one attached hydrogen (secondary N) is 2. The van der Waals surface area contributed by atoms with Gasteiger partial charge in [0, 0.05) is 24.8 Å². The third kappa shape index (κ3) is 12.6. The van der Waals surface area contributed by atoms with Crippen LogP contribution in [0.25, 0.3) is 0 Å². The van der Waals surface area contributed by atoms with Crippen LogP contribution >= 0.6 is 0 Å². The van der Waals surface area contributed by atoms with Crippen LogP contribution in [0.2, 0.25) is 0 Å². The zero-order chi connectivity index (χ0) is 25.8. The maximum atomic E-state index is 12.3. The van der Waals surface area contributed by atoms with Crippen molar-refractivity contribution in [1.82, 2.24) is 20.4 Å². The molecule has 0 saturated heterocycles. The van der Waals surface area contributed by atoms with E-state index in [1.54, 1.807) is 0 Å². The number of aromatic nitrogens is 2. The number of carbonyl (C=O) groups excluding carboxylic acids is 1. The summed E-state index contributed by atoms with van der Waals surface area (Å²) in [6, 6.07) is 7.70. The molecule has 1 amide bonds. The number of hydrogen-bond donors (Lipinski definition) is 2. The topological polar surface area (TPSA) is 105 Å². The van der Waals surface area contributed by atoms with E-state index in [0.717, 1.165) is 17.7 Å². The van der Waals surface area contributed by atoms with Crippen LogP contribution in [0.5, 0.6) is 0 Å². The fraction of sp³-hybridized carbons (Fsp3) is 0.615. The van der Waals surface area contributed by atoms with Crippen LogP contribution in [0.15, 0.2) is 36.7 Å². The van der Waals surface area contributed by atoms with Crippen molar-refractivity contribution in [2.24, 2.45) is 0 Å². The normalized spacial score (nSPS) is 12.1. The Morgan fingerprint density at radius 1 is 0.833 bits per heavy atom. The van der Waals surface area contributed by atoms with E-state index in [-0.39, 0.29) is 11.9 Å². The van der Waals surface area contributed by atoms with Gasteiger partial charge in [0.1, 0.15) is 0 Å². The Morgan fingerprint density at radius 3 is 1.81 bits per heavy atom. The average Bonchev–Trinajstić information content (AvgIpc) is 3.33. The van der Waals surface area contributed by atoms with E-state index in [1.165, 1.54) is 0 Å². The molecule has 10 heteroatoms. The van der Waals surface area contributed by atoms with E-state index in [4.69, 9.17) is 23.7 Å². The number of hydrogen-bond acceptors (Lipinski definition) is 8. The Kier molecular flexibility index (Phi) is 15.7. The molecule has 1 heterocycles. The molecule has 0 radical (unpaired) electrons. The standard InChI is InChI=1S/C26H42N4O6/c1-22-20-29-30(21-22)23(2)24-4-6-25(7-5-24)26(31)28-9-11-33-13-15-35-17-19-36-18-16-34-14-12-32-10-8-27-3/h4-7,20-21,23,27H,8-19H2,1-3H3,(H,28,31). The Bertz CT molecular complexity index is 830. The molecule has 2 aromatic rings. The van der Waals surface area contributed by atoms with Gasteiger partial charge in [-0.1, -0.05) is 12.1 Å². The second-order valence-corrected chi connectivity index (χ2v) is 8.22. The van der Waals surface area contributed by atoms with Crippen molar-refractivity contribution in [1.29, 1.82) is 0 Å². The molecule has 0 aliphatic heterocycles. The minimum atomic E-state index is -0.119. The van der Waals surface area contributed by atoms with Crippen molar-refractivity contribution in [2.45, 2.75) is 19.9 Å². The first-order valence-corrected chi connectivity index (χ1v) is 12.5. The lowest BCUT2D eigenvalue weighted by molar-refractivity contribution is -0.0104. The quantitative estimate of drug-likeness (QED) is 0.247. The Balaban J connectivity index is 1.40. The summed E-state index contributed by atoms with van der Waals surface area (Å²) in [7, 11) is 1.89. The summed E-state index contributed by atoms with van der Waals surface area (Å²) < 4.78 is 29.1. The molecule has 1 unspecified atom stereocenters. The third-order valence-corrected chi connectivity index (χ3v) is 5.30. The summed E-state index contributed by atoms with van der Waals surface area (Å²) in [6.07, 6.45) is 3.85. The zero-order valence-electron chi connectivity index (χ0n) is 21.9. The molecular weight excluding hydrogens is 464 g/mol. The third-order valence-electron chi connectivity index (χ3n) is 5.30. The summed E-state index contributed by atoms with van der Waals surface area (Å²) in [4.78, 5) is 12.3. The van der Waals surface area contributed by atoms with Crippen LogP contribution in [0, 0.1) is 6.92 Å². The van der Waals surface area contributed by atoms with Gasteiger partial charge < -0.3 is 34.3 Å². The van der Waals surface area contributed by atoms with Gasteiger partial charge in [-0.3, -0.25) is 9.48 Å². The minimum Gasteiger partial charge on any atom is -0.378 e. The predicted octanol–water partition coefficient (Wildman–Crippen LogP) is 1.83. The Hall–Kier alpha value is -2.34. The van der Waals surface area contributed by atoms with Gasteiger partial charge in [0.05, 0.1) is 78.3 Å². The fourth-order valence-electron chi connectivity index (χ4n) is 3.21. The second-order valence-electron chi connectivity index (χ2n) is 8.22. The Labute approximate surface area is 214 Å². The predicted molar refractivity (Wildman–Crippen MR) is 138 cm³/mol. The van der Waals surface area contributed by atoms with Crippen LogP contribution in [0.4, 0.5) is 0 Å². The van der Waals surface area contributed by atoms with Crippen molar-refractivity contribution in [3.63, 3.8) is 0 Å². The van der Waals surface area contributed by atoms with E-state index < -0.39 is 0 Å². The smallest absolute Gasteiger partial charge is 0.251 e. The number of carbonyl (C=O) groups is 1. The van der Waals surface area contributed by atoms with Gasteiger partial charge in [-0.15, -0.1) is 0 Å². The van der Waals surface area contributed by atoms with Gasteiger partial charge in [0.15, 0.2) is 0 Å². The number of likely N-dealkylation sites (N-methyl/N-ethyl adjacent to an activating group) is 1. The fourth-order valence-corrected chi connectivity index (χ4v) is 3.21. The maximum Gasteiger partial charge on any atom is 0.251 e. The molecular formula is C26H42N4O6. The van der Waals surface area contributed by atoms with Crippen molar-refractivity contribution in [2.75, 3.05) is 86.2 Å². The summed E-state index contributed by atoms with van der Waals surface area (Å²) in [5.41, 5.74) is 2.84. The molecule has 2 rings (SSSR count). The number of aryl methyl sites for hydroxylation is 1. The van der Waals surface area contributed by atoms with E-state index in [9.17, 15) is 4.79 Å². The molecule has 0 bridgehead atoms. The van der Waals surface area contributed by atoms with E-state index in [1.807, 2.05) is 55.3 Å². The van der Waals surface area contributed by atoms with Crippen LogP contribution < -0.4 is 10.6 Å². The molecule has 10 nitrogen and oxygen atoms in total. The van der Waals surface area contributed by atoms with Crippen molar-refractivity contribution < 1.29 is 28.5 Å². The van der Waals surface area contributed by atoms with Gasteiger partial charge in [-0.05, 0) is 44.2 Å². The summed E-state index contributed by atoms with van der Waals surface area (Å²) in [5, 5.41) is 10.2. The highest BCUT2D eigenvalue weighted by Crippen LogP contribution is 2.18. The van der Waals surface area contributed by atoms with Gasteiger partial charge >= 0.3 is 0 Å². The van der Waals surface area contributed by atoms with Crippen LogP contribution in [-0.2, 0) is 23.7 Å². The van der Waals surface area contributed by atoms with Gasteiger partial charge in [0.25, 0.3) is 5.91 Å². The average molecular weight is 507 g/mol. The molecule has 0 spiro atoms. The number of rotatable bonds is 21. The highest BCUT2D eigenvalue weighted by atomic mass is 16.6. The number of amides is 1. The van der Waals surface area contributed by atoms with E-state index in [0.29, 0.717) is 78.2 Å². The van der Waals surface area contributed by atoms with Crippen LogP contribution in [0.3, 0.4) is 0 Å². The zero-order valence-corrected chi connectivity index (χ0v) is 21.9. The van der Waals surface area contributed by atoms with Gasteiger partial charge in [-0.25, -0.2) is 0 Å². The van der Waals surface area contributed by atoms with Crippen LogP contribution in [-0.4, -0.2) is 102 Å². The molecule has 1 aromatic heterocycles. The Morgan fingerprint density at radius 2 is 1.33 bits per heavy atom. The number of ether oxygens (including phenoxy) is 5. The lowest BCUT2D eigenvalue weighted by Gasteiger charge is -2.13. The molecule has 0 aliphatic carbocycles. The van der Waals surface area contributed by atoms with Gasteiger partial charge in [-0.2, -0.15) is 5.10 Å². The molecule has 202 valence electrons. The first-order valence-electron chi connectivity index (χ1n) is 12.5. The molecule has 36 heavy (non-hydrogen) atoms. The maximum absolute atomic E-state index is 12.3. The van der Waals surface area contributed by atoms with Crippen molar-refractivity contribution in [3.8, 4) is 0 Å². The molecule has 0 saturated carbocycles. The monoisotopic (exact) mass is 506 g/mol. The molecule has 0 aliphatic rings. The van der Waals surface area contributed by atoms with Crippen LogP contribution in [0.1, 0.15) is 34.5 Å². The number of nitrogens with zero attached hydrogens (tertiary/aromatic N) is 2. The molecule has 0 fully saturated rings. The molecule has 2 N–H and O–H groups in total.